The largest absolute Gasteiger partial charge is 0.310 e. The topological polar surface area (TPSA) is 12.0 Å². The van der Waals surface area contributed by atoms with Crippen LogP contribution in [0.2, 0.25) is 0 Å². The van der Waals surface area contributed by atoms with Gasteiger partial charge in [0.05, 0.1) is 0 Å². The Morgan fingerprint density at radius 2 is 2.42 bits per heavy atom. The van der Waals surface area contributed by atoms with E-state index in [0.717, 1.165) is 6.54 Å². The highest BCUT2D eigenvalue weighted by Gasteiger charge is 2.15. The van der Waals surface area contributed by atoms with Crippen LogP contribution >= 0.6 is 0 Å². The van der Waals surface area contributed by atoms with Crippen molar-refractivity contribution in [2.75, 3.05) is 6.54 Å². The molecule has 12 heavy (non-hydrogen) atoms. The maximum Gasteiger partial charge on any atom is 0.0320 e. The van der Waals surface area contributed by atoms with E-state index in [0.29, 0.717) is 6.04 Å². The lowest BCUT2D eigenvalue weighted by molar-refractivity contribution is 0.703. The molecule has 1 heterocycles. The molecule has 0 bridgehead atoms. The number of nitrogens with one attached hydrogen (secondary N) is 1. The van der Waals surface area contributed by atoms with E-state index in [1.165, 1.54) is 18.4 Å². The van der Waals surface area contributed by atoms with Crippen molar-refractivity contribution < 1.29 is 0 Å². The van der Waals surface area contributed by atoms with Gasteiger partial charge < -0.3 is 5.32 Å². The summed E-state index contributed by atoms with van der Waals surface area (Å²) in [6.45, 7) is 6.91. The lowest BCUT2D eigenvalue weighted by Crippen LogP contribution is -2.22. The van der Waals surface area contributed by atoms with E-state index in [2.05, 4.69) is 30.1 Å². The summed E-state index contributed by atoms with van der Waals surface area (Å²) in [5.41, 5.74) is 1.35. The molecule has 0 aromatic rings. The van der Waals surface area contributed by atoms with Gasteiger partial charge in [-0.3, -0.25) is 0 Å². The molecule has 1 fully saturated rings. The molecule has 1 N–H and O–H groups in total. The summed E-state index contributed by atoms with van der Waals surface area (Å²) < 4.78 is 0. The van der Waals surface area contributed by atoms with Crippen molar-refractivity contribution >= 4 is 0 Å². The minimum atomic E-state index is 0.555. The molecule has 0 aromatic carbocycles. The fourth-order valence-corrected chi connectivity index (χ4v) is 1.59. The molecule has 0 aromatic heterocycles. The number of rotatable bonds is 3. The number of hydrogen-bond donors (Lipinski definition) is 1. The van der Waals surface area contributed by atoms with Crippen LogP contribution in [0.25, 0.3) is 0 Å². The maximum atomic E-state index is 3.72. The van der Waals surface area contributed by atoms with Gasteiger partial charge in [-0.2, -0.15) is 0 Å². The highest BCUT2D eigenvalue weighted by atomic mass is 14.9. The fourth-order valence-electron chi connectivity index (χ4n) is 1.59. The van der Waals surface area contributed by atoms with Gasteiger partial charge in [-0.15, -0.1) is 0 Å². The first-order valence-corrected chi connectivity index (χ1v) is 4.57. The Morgan fingerprint density at radius 1 is 1.58 bits per heavy atom. The third-order valence-electron chi connectivity index (χ3n) is 2.13. The molecule has 1 rings (SSSR count). The smallest absolute Gasteiger partial charge is 0.0320 e. The van der Waals surface area contributed by atoms with Crippen LogP contribution in [0.1, 0.15) is 19.8 Å². The van der Waals surface area contributed by atoms with E-state index in [1.807, 2.05) is 13.0 Å². The third kappa shape index (κ3) is 2.35. The van der Waals surface area contributed by atoms with Crippen molar-refractivity contribution in [1.82, 2.24) is 5.32 Å². The molecule has 1 heteroatoms. The van der Waals surface area contributed by atoms with Gasteiger partial charge >= 0.3 is 0 Å². The van der Waals surface area contributed by atoms with E-state index in [4.69, 9.17) is 0 Å². The van der Waals surface area contributed by atoms with Crippen LogP contribution < -0.4 is 5.32 Å². The molecule has 1 saturated heterocycles. The predicted octanol–water partition coefficient (Wildman–Crippen LogP) is 2.43. The van der Waals surface area contributed by atoms with Crippen molar-refractivity contribution in [2.24, 2.45) is 0 Å². The first-order chi connectivity index (χ1) is 5.88. The van der Waals surface area contributed by atoms with Gasteiger partial charge in [0.2, 0.25) is 0 Å². The monoisotopic (exact) mass is 163 g/mol. The molecule has 1 nitrogen and oxygen atoms in total. The predicted molar refractivity (Wildman–Crippen MR) is 54.1 cm³/mol. The molecule has 66 valence electrons. The Hall–Kier alpha value is -0.820. The minimum Gasteiger partial charge on any atom is -0.310 e. The summed E-state index contributed by atoms with van der Waals surface area (Å²) in [6, 6.07) is 0.555. The summed E-state index contributed by atoms with van der Waals surface area (Å²) in [7, 11) is 0. The van der Waals surface area contributed by atoms with Gasteiger partial charge in [-0.05, 0) is 31.9 Å². The average Bonchev–Trinajstić information content (AvgIpc) is 2.56. The number of allylic oxidation sites excluding steroid dienone is 3. The second kappa shape index (κ2) is 4.94. The highest BCUT2D eigenvalue weighted by molar-refractivity contribution is 5.28. The van der Waals surface area contributed by atoms with Gasteiger partial charge in [-0.1, -0.05) is 30.9 Å². The van der Waals surface area contributed by atoms with Crippen LogP contribution in [0.15, 0.2) is 36.5 Å². The van der Waals surface area contributed by atoms with E-state index >= 15 is 0 Å². The van der Waals surface area contributed by atoms with Crippen molar-refractivity contribution in [2.45, 2.75) is 25.8 Å². The van der Waals surface area contributed by atoms with Crippen molar-refractivity contribution in [3.05, 3.63) is 36.5 Å². The maximum absolute atomic E-state index is 3.72. The van der Waals surface area contributed by atoms with Crippen LogP contribution in [0.5, 0.6) is 0 Å². The Morgan fingerprint density at radius 3 is 2.92 bits per heavy atom. The molecule has 1 aliphatic rings. The van der Waals surface area contributed by atoms with Crippen molar-refractivity contribution in [3.8, 4) is 0 Å². The lowest BCUT2D eigenvalue weighted by Gasteiger charge is -2.10. The molecule has 1 atom stereocenters. The van der Waals surface area contributed by atoms with E-state index in [-0.39, 0.29) is 0 Å². The zero-order valence-electron chi connectivity index (χ0n) is 7.72. The Labute approximate surface area is 74.9 Å². The van der Waals surface area contributed by atoms with E-state index < -0.39 is 0 Å². The normalized spacial score (nSPS) is 25.1. The summed E-state index contributed by atoms with van der Waals surface area (Å²) in [6.07, 6.45) is 10.7. The van der Waals surface area contributed by atoms with Crippen LogP contribution in [-0.2, 0) is 0 Å². The Balaban J connectivity index is 2.63. The molecule has 0 amide bonds. The Kier molecular flexibility index (Phi) is 3.81. The minimum absolute atomic E-state index is 0.555. The second-order valence-corrected chi connectivity index (χ2v) is 3.05. The quantitative estimate of drug-likeness (QED) is 0.630. The second-order valence-electron chi connectivity index (χ2n) is 3.05. The molecular weight excluding hydrogens is 146 g/mol. The molecule has 1 unspecified atom stereocenters. The SMILES string of the molecule is C=C/C=C(\C=C/C)C1CCCN1. The summed E-state index contributed by atoms with van der Waals surface area (Å²) in [5, 5.41) is 3.46. The zero-order chi connectivity index (χ0) is 8.81. The van der Waals surface area contributed by atoms with Gasteiger partial charge in [0.25, 0.3) is 0 Å². The van der Waals surface area contributed by atoms with Crippen molar-refractivity contribution in [3.63, 3.8) is 0 Å². The summed E-state index contributed by atoms with van der Waals surface area (Å²) in [5.74, 6) is 0. The number of hydrogen-bond acceptors (Lipinski definition) is 1. The third-order valence-corrected chi connectivity index (χ3v) is 2.13. The van der Waals surface area contributed by atoms with Gasteiger partial charge in [0.1, 0.15) is 0 Å². The van der Waals surface area contributed by atoms with Gasteiger partial charge in [0, 0.05) is 6.04 Å². The van der Waals surface area contributed by atoms with Crippen LogP contribution in [0.3, 0.4) is 0 Å². The van der Waals surface area contributed by atoms with Crippen LogP contribution in [0.4, 0.5) is 0 Å². The van der Waals surface area contributed by atoms with Crippen LogP contribution in [-0.4, -0.2) is 12.6 Å². The van der Waals surface area contributed by atoms with Crippen molar-refractivity contribution in [1.29, 1.82) is 0 Å². The first-order valence-electron chi connectivity index (χ1n) is 4.57. The zero-order valence-corrected chi connectivity index (χ0v) is 7.72. The summed E-state index contributed by atoms with van der Waals surface area (Å²) >= 11 is 0. The van der Waals surface area contributed by atoms with E-state index in [9.17, 15) is 0 Å². The molecule has 0 radical (unpaired) electrons. The molecule has 0 spiro atoms. The Bertz CT molecular complexity index is 195. The van der Waals surface area contributed by atoms with Crippen LogP contribution in [0, 0.1) is 0 Å². The molecule has 0 saturated carbocycles. The molecule has 0 aliphatic carbocycles. The van der Waals surface area contributed by atoms with Gasteiger partial charge in [0.15, 0.2) is 0 Å². The standard InChI is InChI=1S/C11H17N/c1-3-6-10(7-4-2)11-8-5-9-12-11/h3-4,6-7,11-12H,1,5,8-9H2,2H3/b7-4-,10-6+. The fraction of sp³-hybridized carbons (Fsp3) is 0.455. The van der Waals surface area contributed by atoms with Gasteiger partial charge in [-0.25, -0.2) is 0 Å². The average molecular weight is 163 g/mol. The highest BCUT2D eigenvalue weighted by Crippen LogP contribution is 2.15. The first kappa shape index (κ1) is 9.27. The lowest BCUT2D eigenvalue weighted by atomic mass is 10.0. The van der Waals surface area contributed by atoms with E-state index in [1.54, 1.807) is 0 Å². The molecular formula is C11H17N. The summed E-state index contributed by atoms with van der Waals surface area (Å²) in [4.78, 5) is 0. The molecule has 1 aliphatic heterocycles.